The maximum Gasteiger partial charge on any atom is 0.248 e. The van der Waals surface area contributed by atoms with Gasteiger partial charge in [-0.25, -0.2) is 0 Å². The Balaban J connectivity index is 1.75. The van der Waals surface area contributed by atoms with Gasteiger partial charge in [-0.05, 0) is 81.5 Å². The topological polar surface area (TPSA) is 406 Å². The fourth-order valence-electron chi connectivity index (χ4n) is 11.2. The van der Waals surface area contributed by atoms with E-state index in [4.69, 9.17) is 16.2 Å². The van der Waals surface area contributed by atoms with Gasteiger partial charge in [-0.15, -0.1) is 0 Å². The van der Waals surface area contributed by atoms with Gasteiger partial charge in [0.1, 0.15) is 48.0 Å². The number of aliphatic hydroxyl groups excluding tert-OH is 7. The lowest BCUT2D eigenvalue weighted by atomic mass is 9.80. The number of aromatic hydroxyl groups is 1. The van der Waals surface area contributed by atoms with Gasteiger partial charge in [-0.1, -0.05) is 77.8 Å². The normalized spacial score (nSPS) is 29.0. The number of fused-ring (bicyclic) bond motifs is 2. The highest BCUT2D eigenvalue weighted by Crippen LogP contribution is 2.38. The molecule has 0 radical (unpaired) electrons. The van der Waals surface area contributed by atoms with Crippen LogP contribution in [0, 0.1) is 29.6 Å². The molecule has 5 amide bonds. The van der Waals surface area contributed by atoms with Crippen LogP contribution < -0.4 is 38.1 Å². The molecule has 1 aromatic rings. The average molecular weight is 1140 g/mol. The minimum absolute atomic E-state index is 0.00454. The van der Waals surface area contributed by atoms with Gasteiger partial charge in [-0.2, -0.15) is 0 Å². The minimum Gasteiger partial charge on any atom is -0.508 e. The Bertz CT molecular complexity index is 2120. The maximum atomic E-state index is 14.7. The van der Waals surface area contributed by atoms with Crippen molar-refractivity contribution < 1.29 is 79.2 Å². The van der Waals surface area contributed by atoms with Crippen LogP contribution in [0.15, 0.2) is 24.3 Å². The Morgan fingerprint density at radius 1 is 0.762 bits per heavy atom. The van der Waals surface area contributed by atoms with Gasteiger partial charge in [0.05, 0.1) is 55.8 Å². The molecule has 17 atom stereocenters. The lowest BCUT2D eigenvalue weighted by molar-refractivity contribution is -0.148. The zero-order chi connectivity index (χ0) is 59.2. The molecule has 2 saturated heterocycles. The van der Waals surface area contributed by atoms with Crippen LogP contribution in [0.3, 0.4) is 0 Å². The SMILES string of the molecule is CCC(C)CC(C)CCCCCCCCC(=O)N[C@H]1C[C@@H](O)C(NCCOCCN)NC(=O)C2[C@@H](O)CCN2C(=O)C([C@H](O)CCN)NC(=O)C([C@H](O)[C@@H](O)c2ccc(O)cc2)CC(=O)C2C[C@@H](O)CC2C(=O)C([C@@H](C)O)NC1=O. The van der Waals surface area contributed by atoms with Crippen molar-refractivity contribution in [3.63, 3.8) is 0 Å². The van der Waals surface area contributed by atoms with Gasteiger partial charge < -0.3 is 83.2 Å². The first-order valence-corrected chi connectivity index (χ1v) is 28.9. The number of benzene rings is 1. The second-order valence-electron chi connectivity index (χ2n) is 22.5. The van der Waals surface area contributed by atoms with Gasteiger partial charge in [-0.3, -0.25) is 38.9 Å². The molecule has 80 heavy (non-hydrogen) atoms. The van der Waals surface area contributed by atoms with E-state index in [2.05, 4.69) is 47.4 Å². The van der Waals surface area contributed by atoms with E-state index in [9.17, 15) is 74.4 Å². The average Bonchev–Trinajstić information content (AvgIpc) is 4.12. The highest BCUT2D eigenvalue weighted by atomic mass is 16.5. The van der Waals surface area contributed by atoms with Crippen molar-refractivity contribution >= 4 is 41.1 Å². The second kappa shape index (κ2) is 34.0. The summed E-state index contributed by atoms with van der Waals surface area (Å²) in [5.74, 6) is -10.5. The van der Waals surface area contributed by atoms with Gasteiger partial charge in [0.25, 0.3) is 0 Å². The van der Waals surface area contributed by atoms with Crippen molar-refractivity contribution in [2.45, 2.75) is 203 Å². The first kappa shape index (κ1) is 67.8. The Morgan fingerprint density at radius 2 is 1.41 bits per heavy atom. The molecule has 24 nitrogen and oxygen atoms in total. The third-order valence-electron chi connectivity index (χ3n) is 16.0. The monoisotopic (exact) mass is 1130 g/mol. The maximum absolute atomic E-state index is 14.7. The lowest BCUT2D eigenvalue weighted by Crippen LogP contribution is -2.63. The summed E-state index contributed by atoms with van der Waals surface area (Å²) in [6.07, 6.45) is -7.67. The number of aliphatic hydroxyl groups is 7. The summed E-state index contributed by atoms with van der Waals surface area (Å²) < 4.78 is 5.49. The molecule has 2 heterocycles. The third-order valence-corrected chi connectivity index (χ3v) is 16.0. The highest BCUT2D eigenvalue weighted by Gasteiger charge is 2.50. The molecule has 9 unspecified atom stereocenters. The van der Waals surface area contributed by atoms with Gasteiger partial charge in [0.15, 0.2) is 5.78 Å². The summed E-state index contributed by atoms with van der Waals surface area (Å²) in [5.41, 5.74) is 11.4. The molecule has 3 fully saturated rings. The molecular weight excluding hydrogens is 1040 g/mol. The fourth-order valence-corrected chi connectivity index (χ4v) is 11.2. The number of carbonyl (C=O) groups excluding carboxylic acids is 7. The van der Waals surface area contributed by atoms with Crippen molar-refractivity contribution in [2.24, 2.45) is 41.1 Å². The van der Waals surface area contributed by atoms with E-state index < -0.39 is 145 Å². The number of phenolic OH excluding ortho intramolecular Hbond substituents is 1. The number of hydrogen-bond donors (Lipinski definition) is 15. The lowest BCUT2D eigenvalue weighted by Gasteiger charge is -2.34. The number of amides is 5. The number of phenols is 1. The van der Waals surface area contributed by atoms with Crippen molar-refractivity contribution in [3.8, 4) is 5.75 Å². The van der Waals surface area contributed by atoms with Crippen LogP contribution in [-0.4, -0.2) is 193 Å². The number of Topliss-reactive ketones (excluding diaryl/α,β-unsaturated/α-hetero) is 2. The van der Waals surface area contributed by atoms with Crippen LogP contribution in [-0.2, 0) is 38.3 Å². The Kier molecular flexibility index (Phi) is 28.8. The molecule has 1 aliphatic carbocycles. The summed E-state index contributed by atoms with van der Waals surface area (Å²) >= 11 is 0. The summed E-state index contributed by atoms with van der Waals surface area (Å²) in [6.45, 7) is 7.72. The number of carbonyl (C=O) groups is 7. The number of rotatable bonds is 26. The molecule has 3 aliphatic rings. The summed E-state index contributed by atoms with van der Waals surface area (Å²) in [5, 5.41) is 103. The smallest absolute Gasteiger partial charge is 0.248 e. The van der Waals surface area contributed by atoms with E-state index in [0.29, 0.717) is 24.7 Å². The van der Waals surface area contributed by atoms with E-state index in [0.717, 1.165) is 43.4 Å². The zero-order valence-corrected chi connectivity index (χ0v) is 47.1. The standard InChI is InChI=1S/C56H94N8O16/c1-5-31(2)26-32(3)12-10-8-6-7-9-11-13-45(72)60-40-30-44(71)52(59-22-25-80-24-21-58)63-55(78)48-42(69)19-23-64(48)56(79)47(41(68)18-20-57)62-53(76)39(51(75)49(73)34-14-16-35(66)17-15-34)29-43(70)37-27-36(67)28-38(37)50(74)46(33(4)65)61-54(40)77/h14-17,31-33,36-42,44,46-49,51-52,59,65-69,71,73,75H,5-13,18-30,57-58H2,1-4H3,(H,60,72)(H,61,77)(H,62,76)(H,63,78)/t31?,32?,33-,36-,37?,38?,39?,40+,41-,42+,44-,46?,47?,48?,49+,51+,52?/m1/s1. The molecule has 1 aromatic carbocycles. The van der Waals surface area contributed by atoms with Gasteiger partial charge in [0, 0.05) is 50.7 Å². The zero-order valence-electron chi connectivity index (χ0n) is 47.1. The molecule has 17 N–H and O–H groups in total. The largest absolute Gasteiger partial charge is 0.508 e. The Labute approximate surface area is 469 Å². The van der Waals surface area contributed by atoms with E-state index in [-0.39, 0.29) is 82.8 Å². The van der Waals surface area contributed by atoms with Crippen molar-refractivity contribution in [3.05, 3.63) is 29.8 Å². The van der Waals surface area contributed by atoms with Crippen LogP contribution in [0.25, 0.3) is 0 Å². The second-order valence-corrected chi connectivity index (χ2v) is 22.5. The number of ketones is 2. The number of unbranched alkanes of at least 4 members (excludes halogenated alkanes) is 5. The third kappa shape index (κ3) is 20.3. The van der Waals surface area contributed by atoms with Crippen molar-refractivity contribution in [1.82, 2.24) is 31.5 Å². The van der Waals surface area contributed by atoms with Crippen LogP contribution in [0.1, 0.15) is 142 Å². The van der Waals surface area contributed by atoms with Crippen LogP contribution in [0.5, 0.6) is 5.75 Å². The van der Waals surface area contributed by atoms with Crippen LogP contribution >= 0.6 is 0 Å². The number of hydrogen-bond acceptors (Lipinski definition) is 19. The molecule has 24 heteroatoms. The number of ether oxygens (including phenoxy) is 1. The quantitative estimate of drug-likeness (QED) is 0.0484. The Hall–Kier alpha value is -4.73. The first-order valence-electron chi connectivity index (χ1n) is 28.9. The number of nitrogens with two attached hydrogens (primary N) is 2. The molecule has 2 aliphatic heterocycles. The van der Waals surface area contributed by atoms with Crippen molar-refractivity contribution in [1.29, 1.82) is 0 Å². The molecule has 0 spiro atoms. The van der Waals surface area contributed by atoms with E-state index in [1.54, 1.807) is 0 Å². The predicted molar refractivity (Wildman–Crippen MR) is 293 cm³/mol. The summed E-state index contributed by atoms with van der Waals surface area (Å²) in [6, 6.07) is -2.22. The van der Waals surface area contributed by atoms with E-state index in [1.165, 1.54) is 37.6 Å². The molecule has 0 bridgehead atoms. The fraction of sp³-hybridized carbons (Fsp3) is 0.768. The molecule has 454 valence electrons. The molecule has 0 aromatic heterocycles. The minimum atomic E-state index is -2.16. The van der Waals surface area contributed by atoms with E-state index >= 15 is 0 Å². The predicted octanol–water partition coefficient (Wildman–Crippen LogP) is -1.21. The molecule has 4 rings (SSSR count). The van der Waals surface area contributed by atoms with Crippen LogP contribution in [0.2, 0.25) is 0 Å². The molecule has 1 saturated carbocycles. The van der Waals surface area contributed by atoms with Gasteiger partial charge >= 0.3 is 0 Å². The van der Waals surface area contributed by atoms with Crippen LogP contribution in [0.4, 0.5) is 0 Å². The van der Waals surface area contributed by atoms with Crippen molar-refractivity contribution in [2.75, 3.05) is 39.4 Å². The summed E-state index contributed by atoms with van der Waals surface area (Å²) in [4.78, 5) is 102. The first-order chi connectivity index (χ1) is 38.0. The number of nitrogens with zero attached hydrogens (tertiary/aromatic N) is 1. The number of nitrogens with one attached hydrogen (secondary N) is 5. The summed E-state index contributed by atoms with van der Waals surface area (Å²) in [7, 11) is 0. The molecular formula is C56H94N8O16. The van der Waals surface area contributed by atoms with Gasteiger partial charge in [0.2, 0.25) is 29.5 Å². The Morgan fingerprint density at radius 3 is 2.06 bits per heavy atom. The highest BCUT2D eigenvalue weighted by molar-refractivity contribution is 5.99. The van der Waals surface area contributed by atoms with E-state index in [1.807, 2.05) is 0 Å².